The van der Waals surface area contributed by atoms with E-state index in [0.29, 0.717) is 20.5 Å². The van der Waals surface area contributed by atoms with Crippen LogP contribution in [0.2, 0.25) is 10.0 Å². The number of benzene rings is 2. The van der Waals surface area contributed by atoms with Crippen LogP contribution in [0.4, 0.5) is 4.79 Å². The minimum Gasteiger partial charge on any atom is -0.354 e. The zero-order chi connectivity index (χ0) is 20.1. The first-order chi connectivity index (χ1) is 13.5. The van der Waals surface area contributed by atoms with E-state index in [1.807, 2.05) is 30.3 Å². The number of carbonyl (C=O) groups excluding carboxylic acids is 3. The zero-order valence-electron chi connectivity index (χ0n) is 14.7. The first-order valence-electron chi connectivity index (χ1n) is 8.45. The van der Waals surface area contributed by atoms with Gasteiger partial charge in [0.25, 0.3) is 11.1 Å². The highest BCUT2D eigenvalue weighted by molar-refractivity contribution is 8.18. The van der Waals surface area contributed by atoms with E-state index in [1.165, 1.54) is 0 Å². The maximum atomic E-state index is 12.4. The molecule has 0 aromatic heterocycles. The summed E-state index contributed by atoms with van der Waals surface area (Å²) in [5.74, 6) is -0.649. The second-order valence-electron chi connectivity index (χ2n) is 5.97. The zero-order valence-corrected chi connectivity index (χ0v) is 17.0. The van der Waals surface area contributed by atoms with Crippen molar-refractivity contribution in [1.82, 2.24) is 10.2 Å². The van der Waals surface area contributed by atoms with Gasteiger partial charge in [0.2, 0.25) is 5.91 Å². The first kappa shape index (κ1) is 20.5. The largest absolute Gasteiger partial charge is 0.354 e. The molecule has 0 radical (unpaired) electrons. The molecule has 0 unspecified atom stereocenters. The van der Waals surface area contributed by atoms with Gasteiger partial charge >= 0.3 is 0 Å². The van der Waals surface area contributed by atoms with Crippen molar-refractivity contribution in [2.45, 2.75) is 6.42 Å². The van der Waals surface area contributed by atoms with Gasteiger partial charge in [0, 0.05) is 23.1 Å². The van der Waals surface area contributed by atoms with Crippen LogP contribution in [-0.4, -0.2) is 35.0 Å². The summed E-state index contributed by atoms with van der Waals surface area (Å²) in [4.78, 5) is 38.2. The van der Waals surface area contributed by atoms with E-state index >= 15 is 0 Å². The van der Waals surface area contributed by atoms with Crippen LogP contribution >= 0.6 is 35.0 Å². The number of amides is 3. The highest BCUT2D eigenvalue weighted by Gasteiger charge is 2.34. The van der Waals surface area contributed by atoms with Crippen LogP contribution in [0.15, 0.2) is 53.4 Å². The Balaban J connectivity index is 1.55. The predicted octanol–water partition coefficient (Wildman–Crippen LogP) is 4.39. The molecule has 0 saturated carbocycles. The van der Waals surface area contributed by atoms with Gasteiger partial charge in [-0.3, -0.25) is 19.3 Å². The molecule has 2 aromatic carbocycles. The number of nitrogens with zero attached hydrogens (tertiary/aromatic N) is 1. The summed E-state index contributed by atoms with van der Waals surface area (Å²) in [7, 11) is 0. The highest BCUT2D eigenvalue weighted by atomic mass is 35.5. The van der Waals surface area contributed by atoms with Crippen LogP contribution in [-0.2, 0) is 16.0 Å². The molecule has 1 fully saturated rings. The predicted molar refractivity (Wildman–Crippen MR) is 112 cm³/mol. The molecule has 0 atom stereocenters. The molecule has 3 amide bonds. The Labute approximate surface area is 176 Å². The lowest BCUT2D eigenvalue weighted by molar-refractivity contribution is -0.124. The van der Waals surface area contributed by atoms with E-state index in [0.717, 1.165) is 22.2 Å². The van der Waals surface area contributed by atoms with Crippen LogP contribution in [0.5, 0.6) is 0 Å². The normalized spacial score (nSPS) is 15.4. The van der Waals surface area contributed by atoms with Crippen LogP contribution in [0.3, 0.4) is 0 Å². The van der Waals surface area contributed by atoms with E-state index in [-0.39, 0.29) is 36.6 Å². The average molecular weight is 435 g/mol. The van der Waals surface area contributed by atoms with Gasteiger partial charge in [0.1, 0.15) is 0 Å². The third kappa shape index (κ3) is 4.95. The Morgan fingerprint density at radius 3 is 2.39 bits per heavy atom. The maximum absolute atomic E-state index is 12.4. The van der Waals surface area contributed by atoms with Gasteiger partial charge in [-0.1, -0.05) is 59.6 Å². The van der Waals surface area contributed by atoms with Gasteiger partial charge in [0.15, 0.2) is 0 Å². The number of hydrogen-bond acceptors (Lipinski definition) is 4. The van der Waals surface area contributed by atoms with E-state index in [1.54, 1.807) is 24.3 Å². The lowest BCUT2D eigenvalue weighted by atomic mass is 10.1. The van der Waals surface area contributed by atoms with Crippen LogP contribution in [0.1, 0.15) is 11.1 Å². The molecule has 0 bridgehead atoms. The minimum atomic E-state index is -0.359. The molecule has 1 saturated heterocycles. The molecule has 1 heterocycles. The lowest BCUT2D eigenvalue weighted by Crippen LogP contribution is -2.37. The Bertz CT molecular complexity index is 927. The standard InChI is InChI=1S/C20H16Cl2N2O3S/c21-15-7-4-8-16(22)14(15)12-18(25)23-9-10-24-19(26)17(28-20(24)27)11-13-5-2-1-3-6-13/h1-8,11H,9-10,12H2,(H,23,25)/b17-11-. The van der Waals surface area contributed by atoms with Gasteiger partial charge in [-0.25, -0.2) is 0 Å². The van der Waals surface area contributed by atoms with E-state index in [9.17, 15) is 14.4 Å². The Morgan fingerprint density at radius 2 is 1.71 bits per heavy atom. The molecular formula is C20H16Cl2N2O3S. The lowest BCUT2D eigenvalue weighted by Gasteiger charge is -2.13. The van der Waals surface area contributed by atoms with E-state index in [4.69, 9.17) is 23.2 Å². The fraction of sp³-hybridized carbons (Fsp3) is 0.150. The van der Waals surface area contributed by atoms with Crippen molar-refractivity contribution in [2.24, 2.45) is 0 Å². The molecule has 0 aliphatic carbocycles. The smallest absolute Gasteiger partial charge is 0.293 e. The summed E-state index contributed by atoms with van der Waals surface area (Å²) in [6, 6.07) is 14.3. The number of thioether (sulfide) groups is 1. The van der Waals surface area contributed by atoms with Crippen molar-refractivity contribution in [3.05, 3.63) is 74.6 Å². The quantitative estimate of drug-likeness (QED) is 0.684. The van der Waals surface area contributed by atoms with Crippen LogP contribution in [0, 0.1) is 0 Å². The molecule has 5 nitrogen and oxygen atoms in total. The van der Waals surface area contributed by atoms with Crippen LogP contribution < -0.4 is 5.32 Å². The first-order valence-corrected chi connectivity index (χ1v) is 10.0. The summed E-state index contributed by atoms with van der Waals surface area (Å²) in [5, 5.41) is 3.17. The fourth-order valence-electron chi connectivity index (χ4n) is 2.62. The minimum absolute atomic E-state index is 0.0221. The second-order valence-corrected chi connectivity index (χ2v) is 7.78. The molecule has 28 heavy (non-hydrogen) atoms. The molecule has 1 aliphatic rings. The monoisotopic (exact) mass is 434 g/mol. The number of rotatable bonds is 6. The summed E-state index contributed by atoms with van der Waals surface area (Å²) in [5.41, 5.74) is 1.39. The number of carbonyl (C=O) groups is 3. The summed E-state index contributed by atoms with van der Waals surface area (Å²) < 4.78 is 0. The SMILES string of the molecule is O=C(Cc1c(Cl)cccc1Cl)NCCN1C(=O)S/C(=C\c2ccccc2)C1=O. The summed E-state index contributed by atoms with van der Waals surface area (Å²) in [6.07, 6.45) is 1.71. The third-order valence-corrected chi connectivity index (χ3v) is 5.64. The molecular weight excluding hydrogens is 419 g/mol. The van der Waals surface area contributed by atoms with Crippen molar-refractivity contribution in [2.75, 3.05) is 13.1 Å². The average Bonchev–Trinajstić information content (AvgIpc) is 2.93. The molecule has 8 heteroatoms. The van der Waals surface area contributed by atoms with Gasteiger partial charge in [-0.05, 0) is 41.1 Å². The molecule has 2 aromatic rings. The van der Waals surface area contributed by atoms with E-state index in [2.05, 4.69) is 5.32 Å². The Kier molecular flexibility index (Phi) is 6.78. The molecule has 3 rings (SSSR count). The number of nitrogens with one attached hydrogen (secondary N) is 1. The van der Waals surface area contributed by atoms with Crippen molar-refractivity contribution >= 4 is 58.1 Å². The topological polar surface area (TPSA) is 66.5 Å². The molecule has 1 N–H and O–H groups in total. The van der Waals surface area contributed by atoms with Crippen molar-refractivity contribution in [3.8, 4) is 0 Å². The highest BCUT2D eigenvalue weighted by Crippen LogP contribution is 2.31. The number of halogens is 2. The summed E-state index contributed by atoms with van der Waals surface area (Å²) in [6.45, 7) is 0.246. The van der Waals surface area contributed by atoms with Crippen LogP contribution in [0.25, 0.3) is 6.08 Å². The Hall–Kier alpha value is -2.28. The third-order valence-electron chi connectivity index (χ3n) is 4.03. The Morgan fingerprint density at radius 1 is 1.04 bits per heavy atom. The van der Waals surface area contributed by atoms with Crippen molar-refractivity contribution < 1.29 is 14.4 Å². The van der Waals surface area contributed by atoms with Gasteiger partial charge in [0.05, 0.1) is 11.3 Å². The van der Waals surface area contributed by atoms with Gasteiger partial charge in [-0.15, -0.1) is 0 Å². The summed E-state index contributed by atoms with van der Waals surface area (Å²) >= 11 is 13.0. The van der Waals surface area contributed by atoms with Gasteiger partial charge in [-0.2, -0.15) is 0 Å². The molecule has 144 valence electrons. The van der Waals surface area contributed by atoms with Gasteiger partial charge < -0.3 is 5.32 Å². The number of hydrogen-bond donors (Lipinski definition) is 1. The van der Waals surface area contributed by atoms with Crippen molar-refractivity contribution in [3.63, 3.8) is 0 Å². The fourth-order valence-corrected chi connectivity index (χ4v) is 4.02. The second kappa shape index (κ2) is 9.28. The number of imide groups is 1. The molecule has 0 spiro atoms. The van der Waals surface area contributed by atoms with Crippen molar-refractivity contribution in [1.29, 1.82) is 0 Å². The maximum Gasteiger partial charge on any atom is 0.293 e. The molecule has 1 aliphatic heterocycles. The van der Waals surface area contributed by atoms with E-state index < -0.39 is 0 Å².